The molecule has 0 fully saturated rings. The summed E-state index contributed by atoms with van der Waals surface area (Å²) in [5.41, 5.74) is 13.0. The highest BCUT2D eigenvalue weighted by Crippen LogP contribution is 2.20. The molecule has 0 unspecified atom stereocenters. The van der Waals surface area contributed by atoms with Crippen LogP contribution in [-0.4, -0.2) is 10.4 Å². The molecule has 0 aliphatic rings. The van der Waals surface area contributed by atoms with Gasteiger partial charge in [0.25, 0.3) is 0 Å². The smallest absolute Gasteiger partial charge is 0.186 e. The van der Waals surface area contributed by atoms with Crippen molar-refractivity contribution in [3.05, 3.63) is 33.8 Å². The molecule has 0 aliphatic carbocycles. The molecule has 0 radical (unpaired) electrons. The van der Waals surface area contributed by atoms with E-state index in [4.69, 9.17) is 11.5 Å². The van der Waals surface area contributed by atoms with E-state index in [0.29, 0.717) is 6.54 Å². The highest BCUT2D eigenvalue weighted by Gasteiger charge is 2.00. The summed E-state index contributed by atoms with van der Waals surface area (Å²) < 4.78 is 2.24. The number of hydrogen-bond acceptors (Lipinski definition) is 1. The number of rotatable bonds is 4. The lowest BCUT2D eigenvalue weighted by molar-refractivity contribution is 1.04. The molecule has 0 saturated heterocycles. The fraction of sp³-hybridized carbons (Fsp3) is 0.300. The quantitative estimate of drug-likeness (QED) is 0.363. The van der Waals surface area contributed by atoms with Crippen LogP contribution in [0.25, 0.3) is 0 Å². The molecule has 0 heterocycles. The van der Waals surface area contributed by atoms with Crippen LogP contribution in [-0.2, 0) is 13.0 Å². The topological polar surface area (TPSA) is 64.4 Å². The van der Waals surface area contributed by atoms with E-state index in [1.54, 1.807) is 0 Å². The van der Waals surface area contributed by atoms with Gasteiger partial charge in [-0.2, -0.15) is 0 Å². The minimum atomic E-state index is 0.127. The van der Waals surface area contributed by atoms with Gasteiger partial charge in [0.05, 0.1) is 6.54 Å². The Hall–Kier alpha value is -0.300. The van der Waals surface area contributed by atoms with E-state index in [9.17, 15) is 0 Å². The lowest BCUT2D eigenvalue weighted by Crippen LogP contribution is -2.22. The van der Waals surface area contributed by atoms with Gasteiger partial charge in [0.1, 0.15) is 0 Å². The number of guanidine groups is 1. The Morgan fingerprint density at radius 2 is 2.13 bits per heavy atom. The first-order valence-electron chi connectivity index (χ1n) is 4.52. The maximum Gasteiger partial charge on any atom is 0.186 e. The SMILES string of the molecule is NC(N)=NCc1ccc(CCI)c(Br)c1. The first-order valence-corrected chi connectivity index (χ1v) is 6.84. The van der Waals surface area contributed by atoms with E-state index in [0.717, 1.165) is 20.9 Å². The van der Waals surface area contributed by atoms with Crippen molar-refractivity contribution in [2.24, 2.45) is 16.5 Å². The van der Waals surface area contributed by atoms with Gasteiger partial charge in [-0.1, -0.05) is 50.7 Å². The third-order valence-electron chi connectivity index (χ3n) is 1.93. The van der Waals surface area contributed by atoms with Gasteiger partial charge >= 0.3 is 0 Å². The molecule has 15 heavy (non-hydrogen) atoms. The zero-order valence-electron chi connectivity index (χ0n) is 8.21. The van der Waals surface area contributed by atoms with E-state index in [2.05, 4.69) is 61.7 Å². The van der Waals surface area contributed by atoms with Crippen molar-refractivity contribution in [2.45, 2.75) is 13.0 Å². The number of hydrogen-bond donors (Lipinski definition) is 2. The minimum Gasteiger partial charge on any atom is -0.370 e. The molecule has 0 saturated carbocycles. The van der Waals surface area contributed by atoms with Crippen LogP contribution in [0.4, 0.5) is 0 Å². The standard InChI is InChI=1S/C10H13BrIN3/c11-9-5-7(6-15-10(13)14)1-2-8(9)3-4-12/h1-2,5H,3-4,6H2,(H4,13,14,15). The van der Waals surface area contributed by atoms with Gasteiger partial charge in [0, 0.05) is 8.90 Å². The lowest BCUT2D eigenvalue weighted by Gasteiger charge is -2.04. The summed E-state index contributed by atoms with van der Waals surface area (Å²) in [6.45, 7) is 0.533. The Bertz CT molecular complexity index is 362. The zero-order valence-corrected chi connectivity index (χ0v) is 12.0. The predicted molar refractivity (Wildman–Crippen MR) is 76.2 cm³/mol. The first kappa shape index (κ1) is 12.8. The molecule has 1 rings (SSSR count). The summed E-state index contributed by atoms with van der Waals surface area (Å²) >= 11 is 5.91. The molecule has 5 heteroatoms. The van der Waals surface area contributed by atoms with Crippen LogP contribution in [0.5, 0.6) is 0 Å². The normalized spacial score (nSPS) is 10.0. The van der Waals surface area contributed by atoms with E-state index in [-0.39, 0.29) is 5.96 Å². The Morgan fingerprint density at radius 3 is 2.67 bits per heavy atom. The second-order valence-electron chi connectivity index (χ2n) is 3.11. The van der Waals surface area contributed by atoms with Crippen LogP contribution in [0.3, 0.4) is 0 Å². The third-order valence-corrected chi connectivity index (χ3v) is 3.20. The highest BCUT2D eigenvalue weighted by atomic mass is 127. The van der Waals surface area contributed by atoms with Crippen molar-refractivity contribution in [1.82, 2.24) is 0 Å². The van der Waals surface area contributed by atoms with Gasteiger partial charge in [-0.3, -0.25) is 0 Å². The van der Waals surface area contributed by atoms with Gasteiger partial charge in [-0.15, -0.1) is 0 Å². The number of halogens is 2. The predicted octanol–water partition coefficient (Wildman–Crippen LogP) is 2.20. The monoisotopic (exact) mass is 381 g/mol. The second kappa shape index (κ2) is 6.32. The van der Waals surface area contributed by atoms with Crippen molar-refractivity contribution in [3.63, 3.8) is 0 Å². The van der Waals surface area contributed by atoms with Crippen molar-refractivity contribution in [1.29, 1.82) is 0 Å². The van der Waals surface area contributed by atoms with Gasteiger partial charge in [0.15, 0.2) is 5.96 Å². The average Bonchev–Trinajstić information content (AvgIpc) is 2.19. The Balaban J connectivity index is 2.77. The molecular weight excluding hydrogens is 369 g/mol. The Morgan fingerprint density at radius 1 is 1.40 bits per heavy atom. The van der Waals surface area contributed by atoms with Crippen molar-refractivity contribution >= 4 is 44.5 Å². The summed E-state index contributed by atoms with van der Waals surface area (Å²) in [7, 11) is 0. The molecule has 0 atom stereocenters. The second-order valence-corrected chi connectivity index (χ2v) is 5.04. The van der Waals surface area contributed by atoms with Crippen molar-refractivity contribution in [2.75, 3.05) is 4.43 Å². The largest absolute Gasteiger partial charge is 0.370 e. The van der Waals surface area contributed by atoms with Crippen molar-refractivity contribution < 1.29 is 0 Å². The number of aryl methyl sites for hydroxylation is 1. The molecule has 0 aliphatic heterocycles. The summed E-state index contributed by atoms with van der Waals surface area (Å²) in [5, 5.41) is 0. The van der Waals surface area contributed by atoms with Gasteiger partial charge in [-0.25, -0.2) is 4.99 Å². The van der Waals surface area contributed by atoms with Crippen LogP contribution in [0.15, 0.2) is 27.7 Å². The average molecular weight is 382 g/mol. The van der Waals surface area contributed by atoms with Gasteiger partial charge in [0.2, 0.25) is 0 Å². The summed E-state index contributed by atoms with van der Waals surface area (Å²) in [5.74, 6) is 0.127. The van der Waals surface area contributed by atoms with E-state index in [1.165, 1.54) is 5.56 Å². The van der Waals surface area contributed by atoms with E-state index < -0.39 is 0 Å². The summed E-state index contributed by atoms with van der Waals surface area (Å²) in [6.07, 6.45) is 1.07. The van der Waals surface area contributed by atoms with Crippen LogP contribution < -0.4 is 11.5 Å². The fourth-order valence-corrected chi connectivity index (χ4v) is 2.38. The van der Waals surface area contributed by atoms with Crippen LogP contribution >= 0.6 is 38.5 Å². The molecule has 0 aromatic heterocycles. The molecule has 0 spiro atoms. The summed E-state index contributed by atoms with van der Waals surface area (Å²) in [6, 6.07) is 6.23. The van der Waals surface area contributed by atoms with Crippen LogP contribution in [0, 0.1) is 0 Å². The molecule has 3 nitrogen and oxygen atoms in total. The van der Waals surface area contributed by atoms with Gasteiger partial charge in [-0.05, 0) is 23.6 Å². The maximum absolute atomic E-state index is 5.27. The fourth-order valence-electron chi connectivity index (χ4n) is 1.18. The van der Waals surface area contributed by atoms with Crippen LogP contribution in [0.2, 0.25) is 0 Å². The van der Waals surface area contributed by atoms with Crippen molar-refractivity contribution in [3.8, 4) is 0 Å². The number of aliphatic imine (C=N–C) groups is 1. The number of nitrogens with two attached hydrogens (primary N) is 2. The number of nitrogens with zero attached hydrogens (tertiary/aromatic N) is 1. The molecule has 0 amide bonds. The Labute approximate surface area is 112 Å². The minimum absolute atomic E-state index is 0.127. The summed E-state index contributed by atoms with van der Waals surface area (Å²) in [4.78, 5) is 3.96. The highest BCUT2D eigenvalue weighted by molar-refractivity contribution is 14.1. The molecule has 0 bridgehead atoms. The van der Waals surface area contributed by atoms with Crippen LogP contribution in [0.1, 0.15) is 11.1 Å². The first-order chi connectivity index (χ1) is 7.13. The maximum atomic E-state index is 5.27. The molecule has 1 aromatic rings. The Kier molecular flexibility index (Phi) is 5.38. The lowest BCUT2D eigenvalue weighted by atomic mass is 10.1. The third kappa shape index (κ3) is 4.38. The van der Waals surface area contributed by atoms with E-state index >= 15 is 0 Å². The number of alkyl halides is 1. The molecular formula is C10H13BrIN3. The zero-order chi connectivity index (χ0) is 11.3. The number of benzene rings is 1. The van der Waals surface area contributed by atoms with E-state index in [1.807, 2.05) is 0 Å². The molecule has 82 valence electrons. The van der Waals surface area contributed by atoms with Gasteiger partial charge < -0.3 is 11.5 Å². The molecule has 4 N–H and O–H groups in total. The molecule has 1 aromatic carbocycles.